The van der Waals surface area contributed by atoms with E-state index in [1.165, 1.54) is 16.8 Å². The summed E-state index contributed by atoms with van der Waals surface area (Å²) in [5.41, 5.74) is 4.06. The molecule has 1 saturated heterocycles. The Kier molecular flexibility index (Phi) is 4.91. The Balaban J connectivity index is 1.99. The number of anilines is 1. The summed E-state index contributed by atoms with van der Waals surface area (Å²) in [6.07, 6.45) is 0. The zero-order valence-electron chi connectivity index (χ0n) is 18.0. The van der Waals surface area contributed by atoms with Crippen LogP contribution in [0.15, 0.2) is 84.9 Å². The maximum absolute atomic E-state index is 6.24. The van der Waals surface area contributed by atoms with E-state index < -0.39 is 8.07 Å². The first-order valence-corrected chi connectivity index (χ1v) is 13.7. The molecule has 150 valence electrons. The van der Waals surface area contributed by atoms with Crippen LogP contribution in [0.25, 0.3) is 0 Å². The van der Waals surface area contributed by atoms with Gasteiger partial charge in [0.1, 0.15) is 0 Å². The van der Waals surface area contributed by atoms with Crippen LogP contribution in [0, 0.1) is 0 Å². The van der Waals surface area contributed by atoms with E-state index in [9.17, 15) is 0 Å². The highest BCUT2D eigenvalue weighted by molar-refractivity contribution is 6.84. The lowest BCUT2D eigenvalue weighted by molar-refractivity contribution is 0.675. The molecule has 3 aromatic rings. The van der Waals surface area contributed by atoms with E-state index in [4.69, 9.17) is 11.6 Å². The molecule has 1 aliphatic rings. The Bertz CT molecular complexity index is 977. The summed E-state index contributed by atoms with van der Waals surface area (Å²) in [7, 11) is -1.87. The average molecular weight is 420 g/mol. The smallest absolute Gasteiger partial charge is 0.0916 e. The number of nitrogens with zero attached hydrogens (tertiary/aromatic N) is 1. The molecule has 0 radical (unpaired) electrons. The van der Waals surface area contributed by atoms with E-state index in [0.717, 1.165) is 5.02 Å². The largest absolute Gasteiger partial charge is 0.353 e. The van der Waals surface area contributed by atoms with Crippen LogP contribution in [-0.2, 0) is 5.16 Å². The SMILES string of the molecule is CC(C)(C)[Si](C)(C)[C@]1(c2ccccc2)[C@H](c2ccc(Cl)cc2)N1c1ccccc1. The Morgan fingerprint density at radius 1 is 0.793 bits per heavy atom. The van der Waals surface area contributed by atoms with E-state index in [1.807, 2.05) is 12.1 Å². The fourth-order valence-electron chi connectivity index (χ4n) is 4.83. The van der Waals surface area contributed by atoms with Gasteiger partial charge in [-0.1, -0.05) is 106 Å². The topological polar surface area (TPSA) is 3.01 Å². The van der Waals surface area contributed by atoms with Crippen molar-refractivity contribution in [3.8, 4) is 0 Å². The summed E-state index contributed by atoms with van der Waals surface area (Å²) in [6, 6.07) is 30.8. The molecule has 0 saturated carbocycles. The van der Waals surface area contributed by atoms with Gasteiger partial charge in [0.05, 0.1) is 19.3 Å². The van der Waals surface area contributed by atoms with Crippen molar-refractivity contribution < 1.29 is 0 Å². The molecular formula is C26H30ClNSi. The number of hydrogen-bond donors (Lipinski definition) is 0. The summed E-state index contributed by atoms with van der Waals surface area (Å²) in [4.78, 5) is 2.67. The molecule has 0 aliphatic carbocycles. The van der Waals surface area contributed by atoms with Crippen molar-refractivity contribution in [3.05, 3.63) is 101 Å². The van der Waals surface area contributed by atoms with E-state index in [-0.39, 0.29) is 10.2 Å². The Hall–Kier alpha value is -2.03. The maximum Gasteiger partial charge on any atom is 0.0916 e. The van der Waals surface area contributed by atoms with Crippen molar-refractivity contribution in [2.75, 3.05) is 4.90 Å². The Morgan fingerprint density at radius 2 is 1.31 bits per heavy atom. The van der Waals surface area contributed by atoms with Crippen LogP contribution in [0.1, 0.15) is 37.9 Å². The molecule has 1 aliphatic heterocycles. The molecule has 0 aromatic heterocycles. The van der Waals surface area contributed by atoms with Crippen LogP contribution in [0.2, 0.25) is 23.2 Å². The normalized spacial score (nSPS) is 21.9. The van der Waals surface area contributed by atoms with E-state index >= 15 is 0 Å². The third-order valence-corrected chi connectivity index (χ3v) is 13.9. The minimum Gasteiger partial charge on any atom is -0.353 e. The van der Waals surface area contributed by atoms with Crippen LogP contribution >= 0.6 is 11.6 Å². The Morgan fingerprint density at radius 3 is 1.83 bits per heavy atom. The van der Waals surface area contributed by atoms with Crippen molar-refractivity contribution in [2.45, 2.75) is 50.1 Å². The highest BCUT2D eigenvalue weighted by atomic mass is 35.5. The molecule has 2 atom stereocenters. The Labute approximate surface area is 181 Å². The number of hydrogen-bond acceptors (Lipinski definition) is 1. The summed E-state index contributed by atoms with van der Waals surface area (Å²) < 4.78 is 0. The number of para-hydroxylation sites is 1. The highest BCUT2D eigenvalue weighted by Crippen LogP contribution is 2.69. The molecule has 4 rings (SSSR count). The molecule has 0 unspecified atom stereocenters. The third-order valence-electron chi connectivity index (χ3n) is 7.23. The number of rotatable bonds is 4. The van der Waals surface area contributed by atoms with Gasteiger partial charge in [-0.2, -0.15) is 0 Å². The van der Waals surface area contributed by atoms with Gasteiger partial charge >= 0.3 is 0 Å². The van der Waals surface area contributed by atoms with Gasteiger partial charge in [0, 0.05) is 10.7 Å². The summed E-state index contributed by atoms with van der Waals surface area (Å²) >= 11 is 6.24. The second-order valence-electron chi connectivity index (χ2n) is 9.67. The first-order valence-electron chi connectivity index (χ1n) is 10.4. The maximum atomic E-state index is 6.24. The zero-order chi connectivity index (χ0) is 20.9. The van der Waals surface area contributed by atoms with Gasteiger partial charge in [-0.25, -0.2) is 0 Å². The van der Waals surface area contributed by atoms with Gasteiger partial charge < -0.3 is 4.90 Å². The van der Waals surface area contributed by atoms with Crippen LogP contribution in [0.3, 0.4) is 0 Å². The van der Waals surface area contributed by atoms with E-state index in [0.29, 0.717) is 6.04 Å². The van der Waals surface area contributed by atoms with Crippen molar-refractivity contribution >= 4 is 25.4 Å². The molecular weight excluding hydrogens is 390 g/mol. The third kappa shape index (κ3) is 3.05. The number of benzene rings is 3. The van der Waals surface area contributed by atoms with Crippen molar-refractivity contribution in [3.63, 3.8) is 0 Å². The molecule has 0 bridgehead atoms. The summed E-state index contributed by atoms with van der Waals surface area (Å²) in [5.74, 6) is 0. The molecule has 29 heavy (non-hydrogen) atoms. The van der Waals surface area contributed by atoms with Crippen LogP contribution in [-0.4, -0.2) is 8.07 Å². The second-order valence-corrected chi connectivity index (χ2v) is 15.6. The molecule has 1 fully saturated rings. The fourth-order valence-corrected chi connectivity index (χ4v) is 8.77. The predicted molar refractivity (Wildman–Crippen MR) is 128 cm³/mol. The predicted octanol–water partition coefficient (Wildman–Crippen LogP) is 7.84. The molecule has 3 heteroatoms. The van der Waals surface area contributed by atoms with E-state index in [1.54, 1.807) is 0 Å². The first kappa shape index (κ1) is 20.2. The van der Waals surface area contributed by atoms with Gasteiger partial charge in [0.2, 0.25) is 0 Å². The van der Waals surface area contributed by atoms with Gasteiger partial charge in [0.15, 0.2) is 0 Å². The lowest BCUT2D eigenvalue weighted by atomic mass is 10.0. The second kappa shape index (κ2) is 7.04. The lowest BCUT2D eigenvalue weighted by Gasteiger charge is -2.44. The molecule has 0 amide bonds. The number of halogens is 1. The highest BCUT2D eigenvalue weighted by Gasteiger charge is 2.73. The lowest BCUT2D eigenvalue weighted by Crippen LogP contribution is -2.53. The van der Waals surface area contributed by atoms with Crippen LogP contribution in [0.5, 0.6) is 0 Å². The minimum absolute atomic E-state index is 0.0122. The standard InChI is InChI=1S/C26H30ClNSi/c1-25(2,3)29(4,5)26(21-12-8-6-9-13-21)24(20-16-18-22(27)19-17-20)28(26)23-14-10-7-11-15-23/h6-19,24H,1-5H3/t24-,26+,28?/m0/s1. The van der Waals surface area contributed by atoms with Gasteiger partial charge in [-0.15, -0.1) is 0 Å². The molecule has 1 nitrogen and oxygen atoms in total. The van der Waals surface area contributed by atoms with Crippen molar-refractivity contribution in [1.29, 1.82) is 0 Å². The minimum atomic E-state index is -1.87. The van der Waals surface area contributed by atoms with E-state index in [2.05, 4.69) is 112 Å². The first-order chi connectivity index (χ1) is 13.7. The van der Waals surface area contributed by atoms with Gasteiger partial charge in [-0.05, 0) is 40.4 Å². The van der Waals surface area contributed by atoms with Gasteiger partial charge in [0.25, 0.3) is 0 Å². The summed E-state index contributed by atoms with van der Waals surface area (Å²) in [6.45, 7) is 12.4. The quantitative estimate of drug-likeness (QED) is 0.307. The zero-order valence-corrected chi connectivity index (χ0v) is 19.7. The molecule has 0 spiro atoms. The monoisotopic (exact) mass is 419 g/mol. The summed E-state index contributed by atoms with van der Waals surface area (Å²) in [5, 5.41) is 1.01. The van der Waals surface area contributed by atoms with Crippen LogP contribution < -0.4 is 4.90 Å². The average Bonchev–Trinajstić information content (AvgIpc) is 3.41. The van der Waals surface area contributed by atoms with Gasteiger partial charge in [-0.3, -0.25) is 0 Å². The van der Waals surface area contributed by atoms with Crippen molar-refractivity contribution in [2.24, 2.45) is 0 Å². The molecule has 0 N–H and O–H groups in total. The van der Waals surface area contributed by atoms with Crippen molar-refractivity contribution in [1.82, 2.24) is 0 Å². The fraction of sp³-hybridized carbons (Fsp3) is 0.308. The molecule has 3 aromatic carbocycles. The molecule has 1 heterocycles. The van der Waals surface area contributed by atoms with Crippen LogP contribution in [0.4, 0.5) is 5.69 Å².